The Morgan fingerprint density at radius 3 is 2.30 bits per heavy atom. The third kappa shape index (κ3) is 5.37. The van der Waals surface area contributed by atoms with Crippen molar-refractivity contribution < 1.29 is 9.47 Å². The molecular weight excluding hydrogens is 430 g/mol. The van der Waals surface area contributed by atoms with Crippen LogP contribution in [0.25, 0.3) is 0 Å². The van der Waals surface area contributed by atoms with E-state index in [0.717, 1.165) is 37.5 Å². The highest BCUT2D eigenvalue weighted by atomic mass is 35.5. The van der Waals surface area contributed by atoms with Crippen LogP contribution in [0.2, 0.25) is 0 Å². The number of hydrogen-bond donors (Lipinski definition) is 0. The van der Waals surface area contributed by atoms with Gasteiger partial charge >= 0.3 is 0 Å². The maximum Gasteiger partial charge on any atom is 0.119 e. The molecule has 4 heteroatoms. The van der Waals surface area contributed by atoms with Crippen LogP contribution in [0.1, 0.15) is 53.4 Å². The second-order valence-corrected chi connectivity index (χ2v) is 9.06. The Balaban J connectivity index is 0.00000259. The molecule has 0 amide bonds. The molecule has 2 unspecified atom stereocenters. The average Bonchev–Trinajstić information content (AvgIpc) is 3.37. The van der Waals surface area contributed by atoms with E-state index in [4.69, 9.17) is 9.47 Å². The molecular formula is C29H34ClNO2. The van der Waals surface area contributed by atoms with Crippen molar-refractivity contribution in [2.24, 2.45) is 0 Å². The van der Waals surface area contributed by atoms with Crippen molar-refractivity contribution in [2.45, 2.75) is 37.5 Å². The highest BCUT2D eigenvalue weighted by molar-refractivity contribution is 5.85. The lowest BCUT2D eigenvalue weighted by atomic mass is 9.69. The maximum atomic E-state index is 6.06. The molecule has 3 aromatic rings. The largest absolute Gasteiger partial charge is 0.497 e. The molecule has 33 heavy (non-hydrogen) atoms. The summed E-state index contributed by atoms with van der Waals surface area (Å²) in [4.78, 5) is 2.49. The van der Waals surface area contributed by atoms with Crippen molar-refractivity contribution in [3.63, 3.8) is 0 Å². The van der Waals surface area contributed by atoms with Crippen molar-refractivity contribution in [2.75, 3.05) is 33.4 Å². The molecule has 3 nitrogen and oxygen atoms in total. The third-order valence-electron chi connectivity index (χ3n) is 7.15. The maximum absolute atomic E-state index is 6.06. The van der Waals surface area contributed by atoms with E-state index in [1.807, 2.05) is 0 Å². The predicted octanol–water partition coefficient (Wildman–Crippen LogP) is 6.45. The van der Waals surface area contributed by atoms with Gasteiger partial charge in [0.2, 0.25) is 0 Å². The smallest absolute Gasteiger partial charge is 0.119 e. The first kappa shape index (κ1) is 23.7. The van der Waals surface area contributed by atoms with Gasteiger partial charge in [-0.1, -0.05) is 48.5 Å². The number of halogens is 1. The number of ether oxygens (including phenoxy) is 2. The number of methoxy groups -OCH3 is 1. The van der Waals surface area contributed by atoms with Crippen molar-refractivity contribution in [3.05, 3.63) is 95.1 Å². The second-order valence-electron chi connectivity index (χ2n) is 9.06. The first-order valence-electron chi connectivity index (χ1n) is 12.0. The molecule has 2 atom stereocenters. The van der Waals surface area contributed by atoms with E-state index in [2.05, 4.69) is 77.7 Å². The summed E-state index contributed by atoms with van der Waals surface area (Å²) in [6.45, 7) is 4.22. The first-order chi connectivity index (χ1) is 15.8. The van der Waals surface area contributed by atoms with Crippen LogP contribution >= 0.6 is 12.4 Å². The summed E-state index contributed by atoms with van der Waals surface area (Å²) in [5.41, 5.74) is 5.61. The Morgan fingerprint density at radius 1 is 0.848 bits per heavy atom. The van der Waals surface area contributed by atoms with Crippen LogP contribution in [0, 0.1) is 0 Å². The predicted molar refractivity (Wildman–Crippen MR) is 137 cm³/mol. The number of rotatable bonds is 7. The van der Waals surface area contributed by atoms with E-state index in [1.54, 1.807) is 7.11 Å². The summed E-state index contributed by atoms with van der Waals surface area (Å²) >= 11 is 0. The molecule has 0 N–H and O–H groups in total. The van der Waals surface area contributed by atoms with Gasteiger partial charge in [-0.2, -0.15) is 0 Å². The molecule has 5 rings (SSSR count). The second kappa shape index (κ2) is 11.1. The van der Waals surface area contributed by atoms with E-state index < -0.39 is 0 Å². The number of aryl methyl sites for hydroxylation is 1. The van der Waals surface area contributed by atoms with E-state index in [1.165, 1.54) is 48.2 Å². The first-order valence-corrected chi connectivity index (χ1v) is 12.0. The lowest BCUT2D eigenvalue weighted by molar-refractivity contribution is 0.237. The number of fused-ring (bicyclic) bond motifs is 1. The Morgan fingerprint density at radius 2 is 1.58 bits per heavy atom. The molecule has 0 bridgehead atoms. The van der Waals surface area contributed by atoms with Gasteiger partial charge in [0.25, 0.3) is 0 Å². The zero-order chi connectivity index (χ0) is 21.8. The van der Waals surface area contributed by atoms with Gasteiger partial charge in [-0.25, -0.2) is 0 Å². The molecule has 1 saturated heterocycles. The molecule has 0 aromatic heterocycles. The van der Waals surface area contributed by atoms with Crippen LogP contribution in [0.15, 0.2) is 72.8 Å². The minimum Gasteiger partial charge on any atom is -0.497 e. The number of hydrogen-bond acceptors (Lipinski definition) is 3. The highest BCUT2D eigenvalue weighted by Gasteiger charge is 2.32. The van der Waals surface area contributed by atoms with Crippen molar-refractivity contribution in [1.29, 1.82) is 0 Å². The SMILES string of the molecule is COc1ccc2c(c1)CCC(c1ccccc1)C2c1ccc(OCCN2CCCC2)cc1.Cl. The Labute approximate surface area is 204 Å². The van der Waals surface area contributed by atoms with Gasteiger partial charge in [0.1, 0.15) is 18.1 Å². The zero-order valence-corrected chi connectivity index (χ0v) is 20.2. The normalized spacial score (nSPS) is 20.0. The average molecular weight is 464 g/mol. The van der Waals surface area contributed by atoms with Crippen LogP contribution in [-0.2, 0) is 6.42 Å². The van der Waals surface area contributed by atoms with E-state index in [0.29, 0.717) is 11.8 Å². The molecule has 1 fully saturated rings. The lowest BCUT2D eigenvalue weighted by Crippen LogP contribution is -2.25. The van der Waals surface area contributed by atoms with Gasteiger partial charge in [-0.15, -0.1) is 12.4 Å². The van der Waals surface area contributed by atoms with Crippen LogP contribution < -0.4 is 9.47 Å². The van der Waals surface area contributed by atoms with Gasteiger partial charge in [-0.3, -0.25) is 4.90 Å². The summed E-state index contributed by atoms with van der Waals surface area (Å²) in [5, 5.41) is 0. The molecule has 1 aliphatic heterocycles. The Bertz CT molecular complexity index is 1020. The lowest BCUT2D eigenvalue weighted by Gasteiger charge is -2.35. The van der Waals surface area contributed by atoms with Crippen LogP contribution in [0.5, 0.6) is 11.5 Å². The van der Waals surface area contributed by atoms with Gasteiger partial charge < -0.3 is 9.47 Å². The molecule has 1 aliphatic carbocycles. The minimum absolute atomic E-state index is 0. The topological polar surface area (TPSA) is 21.7 Å². The fourth-order valence-corrected chi connectivity index (χ4v) is 5.46. The molecule has 0 spiro atoms. The van der Waals surface area contributed by atoms with Crippen LogP contribution in [0.4, 0.5) is 0 Å². The van der Waals surface area contributed by atoms with E-state index in [-0.39, 0.29) is 12.4 Å². The fraction of sp³-hybridized carbons (Fsp3) is 0.379. The zero-order valence-electron chi connectivity index (χ0n) is 19.4. The molecule has 0 saturated carbocycles. The van der Waals surface area contributed by atoms with Crippen LogP contribution in [0.3, 0.4) is 0 Å². The monoisotopic (exact) mass is 463 g/mol. The number of likely N-dealkylation sites (tertiary alicyclic amines) is 1. The van der Waals surface area contributed by atoms with Gasteiger partial charge in [0, 0.05) is 12.5 Å². The van der Waals surface area contributed by atoms with Crippen LogP contribution in [-0.4, -0.2) is 38.3 Å². The molecule has 0 radical (unpaired) electrons. The van der Waals surface area contributed by atoms with Gasteiger partial charge in [0.15, 0.2) is 0 Å². The van der Waals surface area contributed by atoms with E-state index in [9.17, 15) is 0 Å². The highest BCUT2D eigenvalue weighted by Crippen LogP contribution is 2.47. The summed E-state index contributed by atoms with van der Waals surface area (Å²) in [6, 6.07) is 26.4. The molecule has 1 heterocycles. The van der Waals surface area contributed by atoms with Gasteiger partial charge in [-0.05, 0) is 91.2 Å². The molecule has 174 valence electrons. The Kier molecular flexibility index (Phi) is 7.95. The van der Waals surface area contributed by atoms with Gasteiger partial charge in [0.05, 0.1) is 7.11 Å². The quantitative estimate of drug-likeness (QED) is 0.401. The standard InChI is InChI=1S/C29H33NO2.ClH/c1-31-26-14-16-28-24(21-26)11-15-27(22-7-3-2-4-8-22)29(28)23-9-12-25(13-10-23)32-20-19-30-17-5-6-18-30;/h2-4,7-10,12-14,16,21,27,29H,5-6,11,15,17-20H2,1H3;1H. The van der Waals surface area contributed by atoms with E-state index >= 15 is 0 Å². The minimum atomic E-state index is 0. The van der Waals surface area contributed by atoms with Crippen molar-refractivity contribution in [1.82, 2.24) is 4.90 Å². The number of nitrogens with zero attached hydrogens (tertiary/aromatic N) is 1. The summed E-state index contributed by atoms with van der Waals surface area (Å²) < 4.78 is 11.6. The molecule has 3 aromatic carbocycles. The van der Waals surface area contributed by atoms with Crippen molar-refractivity contribution in [3.8, 4) is 11.5 Å². The third-order valence-corrected chi connectivity index (χ3v) is 7.15. The molecule has 2 aliphatic rings. The number of benzene rings is 3. The summed E-state index contributed by atoms with van der Waals surface area (Å²) in [5.74, 6) is 2.72. The summed E-state index contributed by atoms with van der Waals surface area (Å²) in [7, 11) is 1.75. The van der Waals surface area contributed by atoms with Crippen molar-refractivity contribution >= 4 is 12.4 Å². The fourth-order valence-electron chi connectivity index (χ4n) is 5.46. The summed E-state index contributed by atoms with van der Waals surface area (Å²) in [6.07, 6.45) is 4.88. The Hall–Kier alpha value is -2.49.